The van der Waals surface area contributed by atoms with Gasteiger partial charge in [-0.2, -0.15) is 0 Å². The lowest BCUT2D eigenvalue weighted by molar-refractivity contribution is 0.104. The molecular weight excluding hydrogens is 208 g/mol. The van der Waals surface area contributed by atoms with Crippen LogP contribution in [0.5, 0.6) is 0 Å². The Balaban J connectivity index is 2.73. The summed E-state index contributed by atoms with van der Waals surface area (Å²) in [5.41, 5.74) is 4.86. The molecule has 1 aliphatic carbocycles. The van der Waals surface area contributed by atoms with E-state index in [1.807, 2.05) is 44.2 Å². The third-order valence-corrected chi connectivity index (χ3v) is 3.01. The maximum Gasteiger partial charge on any atom is 0.193 e. The van der Waals surface area contributed by atoms with E-state index in [0.717, 1.165) is 34.3 Å². The summed E-state index contributed by atoms with van der Waals surface area (Å²) in [4.78, 5) is 12.3. The molecule has 0 atom stereocenters. The first-order valence-corrected chi connectivity index (χ1v) is 5.88. The van der Waals surface area contributed by atoms with Crippen molar-refractivity contribution in [2.45, 2.75) is 20.3 Å². The van der Waals surface area contributed by atoms with Crippen LogP contribution in [-0.2, 0) is 0 Å². The van der Waals surface area contributed by atoms with Gasteiger partial charge >= 0.3 is 0 Å². The highest BCUT2D eigenvalue weighted by atomic mass is 16.1. The summed E-state index contributed by atoms with van der Waals surface area (Å²) >= 11 is 0. The Morgan fingerprint density at radius 1 is 1.29 bits per heavy atom. The fourth-order valence-corrected chi connectivity index (χ4v) is 2.31. The monoisotopic (exact) mass is 224 g/mol. The van der Waals surface area contributed by atoms with Crippen molar-refractivity contribution in [3.63, 3.8) is 0 Å². The predicted molar refractivity (Wildman–Crippen MR) is 72.1 cm³/mol. The first kappa shape index (κ1) is 11.6. The summed E-state index contributed by atoms with van der Waals surface area (Å²) in [6, 6.07) is 5.88. The van der Waals surface area contributed by atoms with Gasteiger partial charge in [0.2, 0.25) is 0 Å². The lowest BCUT2D eigenvalue weighted by Crippen LogP contribution is -1.94. The van der Waals surface area contributed by atoms with Crippen LogP contribution in [0.25, 0.3) is 5.57 Å². The number of hydrogen-bond donors (Lipinski definition) is 0. The van der Waals surface area contributed by atoms with E-state index in [1.54, 1.807) is 6.08 Å². The number of rotatable bonds is 2. The van der Waals surface area contributed by atoms with Crippen molar-refractivity contribution < 1.29 is 4.79 Å². The Labute approximate surface area is 102 Å². The highest BCUT2D eigenvalue weighted by molar-refractivity contribution is 6.27. The zero-order valence-corrected chi connectivity index (χ0v) is 10.3. The van der Waals surface area contributed by atoms with Crippen molar-refractivity contribution in [2.75, 3.05) is 0 Å². The van der Waals surface area contributed by atoms with E-state index in [4.69, 9.17) is 0 Å². The smallest absolute Gasteiger partial charge is 0.193 e. The van der Waals surface area contributed by atoms with Crippen LogP contribution in [0.2, 0.25) is 0 Å². The number of ketones is 1. The minimum atomic E-state index is 0.138. The second-order valence-electron chi connectivity index (χ2n) is 4.17. The van der Waals surface area contributed by atoms with Gasteiger partial charge in [-0.3, -0.25) is 4.79 Å². The molecule has 1 heteroatoms. The SMILES string of the molecule is C=C/C=C1\C(=C/CC)C(=O)c2cccc(C)c21. The van der Waals surface area contributed by atoms with Gasteiger partial charge in [0, 0.05) is 11.1 Å². The summed E-state index contributed by atoms with van der Waals surface area (Å²) in [6.45, 7) is 7.81. The van der Waals surface area contributed by atoms with Gasteiger partial charge in [-0.25, -0.2) is 0 Å². The van der Waals surface area contributed by atoms with E-state index in [2.05, 4.69) is 6.58 Å². The van der Waals surface area contributed by atoms with Gasteiger partial charge in [-0.1, -0.05) is 49.9 Å². The van der Waals surface area contributed by atoms with E-state index >= 15 is 0 Å². The van der Waals surface area contributed by atoms with E-state index in [1.165, 1.54) is 0 Å². The lowest BCUT2D eigenvalue weighted by Gasteiger charge is -2.03. The minimum absolute atomic E-state index is 0.138. The molecular formula is C16H16O. The van der Waals surface area contributed by atoms with E-state index in [9.17, 15) is 4.79 Å². The number of allylic oxidation sites excluding steroid dienone is 5. The van der Waals surface area contributed by atoms with Crippen molar-refractivity contribution in [3.8, 4) is 0 Å². The van der Waals surface area contributed by atoms with Crippen LogP contribution in [-0.4, -0.2) is 5.78 Å². The number of carbonyl (C=O) groups excluding carboxylic acids is 1. The van der Waals surface area contributed by atoms with Gasteiger partial charge in [-0.15, -0.1) is 0 Å². The molecule has 0 aliphatic heterocycles. The molecule has 17 heavy (non-hydrogen) atoms. The van der Waals surface area contributed by atoms with Crippen molar-refractivity contribution in [3.05, 3.63) is 65.3 Å². The first-order valence-electron chi connectivity index (χ1n) is 5.88. The average Bonchev–Trinajstić information content (AvgIpc) is 2.57. The Bertz CT molecular complexity index is 545. The van der Waals surface area contributed by atoms with Crippen LogP contribution >= 0.6 is 0 Å². The average molecular weight is 224 g/mol. The van der Waals surface area contributed by atoms with Gasteiger partial charge in [0.05, 0.1) is 0 Å². The number of carbonyl (C=O) groups is 1. The van der Waals surface area contributed by atoms with Crippen molar-refractivity contribution in [2.24, 2.45) is 0 Å². The third kappa shape index (κ3) is 1.78. The van der Waals surface area contributed by atoms with Crippen LogP contribution in [0, 0.1) is 6.92 Å². The number of aryl methyl sites for hydroxylation is 1. The normalized spacial score (nSPS) is 18.8. The van der Waals surface area contributed by atoms with Crippen molar-refractivity contribution in [1.82, 2.24) is 0 Å². The Hall–Kier alpha value is -1.89. The van der Waals surface area contributed by atoms with Gasteiger partial charge in [-0.05, 0) is 30.0 Å². The molecule has 2 rings (SSSR count). The van der Waals surface area contributed by atoms with Gasteiger partial charge in [0.25, 0.3) is 0 Å². The Morgan fingerprint density at radius 2 is 2.06 bits per heavy atom. The number of fused-ring (bicyclic) bond motifs is 1. The van der Waals surface area contributed by atoms with E-state index in [-0.39, 0.29) is 5.78 Å². The molecule has 0 bridgehead atoms. The highest BCUT2D eigenvalue weighted by Gasteiger charge is 2.29. The van der Waals surface area contributed by atoms with Gasteiger partial charge < -0.3 is 0 Å². The number of hydrogen-bond acceptors (Lipinski definition) is 1. The maximum atomic E-state index is 12.3. The highest BCUT2D eigenvalue weighted by Crippen LogP contribution is 2.38. The van der Waals surface area contributed by atoms with Crippen LogP contribution in [0.15, 0.2) is 48.6 Å². The summed E-state index contributed by atoms with van der Waals surface area (Å²) in [5.74, 6) is 0.138. The molecule has 0 fully saturated rings. The molecule has 0 unspecified atom stereocenters. The molecule has 0 N–H and O–H groups in total. The predicted octanol–water partition coefficient (Wildman–Crippen LogP) is 4.10. The topological polar surface area (TPSA) is 17.1 Å². The fraction of sp³-hybridized carbons (Fsp3) is 0.188. The molecule has 0 amide bonds. The van der Waals surface area contributed by atoms with Gasteiger partial charge in [0.15, 0.2) is 5.78 Å². The number of benzene rings is 1. The first-order chi connectivity index (χ1) is 8.20. The molecule has 1 aromatic rings. The second-order valence-corrected chi connectivity index (χ2v) is 4.17. The zero-order chi connectivity index (χ0) is 12.4. The van der Waals surface area contributed by atoms with E-state index in [0.29, 0.717) is 0 Å². The Kier molecular flexibility index (Phi) is 3.10. The molecule has 86 valence electrons. The lowest BCUT2D eigenvalue weighted by atomic mass is 9.99. The summed E-state index contributed by atoms with van der Waals surface area (Å²) in [5, 5.41) is 0. The van der Waals surface area contributed by atoms with Gasteiger partial charge in [0.1, 0.15) is 0 Å². The number of Topliss-reactive ketones (excluding diaryl/α,β-unsaturated/α-hetero) is 1. The molecule has 1 aliphatic rings. The summed E-state index contributed by atoms with van der Waals surface area (Å²) in [6.07, 6.45) is 6.53. The van der Waals surface area contributed by atoms with Crippen LogP contribution in [0.1, 0.15) is 34.8 Å². The Morgan fingerprint density at radius 3 is 2.71 bits per heavy atom. The minimum Gasteiger partial charge on any atom is -0.289 e. The van der Waals surface area contributed by atoms with E-state index < -0.39 is 0 Å². The summed E-state index contributed by atoms with van der Waals surface area (Å²) in [7, 11) is 0. The van der Waals surface area contributed by atoms with Crippen LogP contribution in [0.3, 0.4) is 0 Å². The molecule has 0 spiro atoms. The molecule has 0 saturated heterocycles. The summed E-state index contributed by atoms with van der Waals surface area (Å²) < 4.78 is 0. The molecule has 0 radical (unpaired) electrons. The second kappa shape index (κ2) is 4.54. The largest absolute Gasteiger partial charge is 0.289 e. The maximum absolute atomic E-state index is 12.3. The molecule has 0 heterocycles. The standard InChI is InChI=1S/C16H16O/c1-4-7-12-13(8-5-2)16(17)14-10-6-9-11(3)15(12)14/h4,6-10H,1,5H2,2-3H3/b12-7+,13-8+. The van der Waals surface area contributed by atoms with Crippen LogP contribution < -0.4 is 0 Å². The molecule has 1 aromatic carbocycles. The third-order valence-electron chi connectivity index (χ3n) is 3.01. The quantitative estimate of drug-likeness (QED) is 0.691. The zero-order valence-electron chi connectivity index (χ0n) is 10.3. The fourth-order valence-electron chi connectivity index (χ4n) is 2.31. The van der Waals surface area contributed by atoms with Crippen molar-refractivity contribution in [1.29, 1.82) is 0 Å². The van der Waals surface area contributed by atoms with Crippen LogP contribution in [0.4, 0.5) is 0 Å². The molecule has 0 aromatic heterocycles. The molecule has 0 saturated carbocycles. The van der Waals surface area contributed by atoms with Crippen molar-refractivity contribution >= 4 is 11.4 Å². The molecule has 1 nitrogen and oxygen atoms in total.